The van der Waals surface area contributed by atoms with Crippen LogP contribution in [0.15, 0.2) is 18.3 Å². The number of methoxy groups -OCH3 is 1. The molecule has 0 unspecified atom stereocenters. The SMILES string of the molecule is COC(=O)c1ccc(NC(=O)C23CC4CC(CC(C4)C2)C3)nc1. The predicted molar refractivity (Wildman–Crippen MR) is 84.8 cm³/mol. The van der Waals surface area contributed by atoms with Gasteiger partial charge in [0.15, 0.2) is 0 Å². The number of nitrogens with one attached hydrogen (secondary N) is 1. The summed E-state index contributed by atoms with van der Waals surface area (Å²) in [5.74, 6) is 2.43. The highest BCUT2D eigenvalue weighted by Crippen LogP contribution is 2.60. The van der Waals surface area contributed by atoms with Crippen molar-refractivity contribution < 1.29 is 14.3 Å². The number of aromatic nitrogens is 1. The Bertz CT molecular complexity index is 603. The third-order valence-corrected chi connectivity index (χ3v) is 5.95. The fraction of sp³-hybridized carbons (Fsp3) is 0.611. The van der Waals surface area contributed by atoms with E-state index in [-0.39, 0.29) is 11.3 Å². The first-order valence-corrected chi connectivity index (χ1v) is 8.44. The molecule has 4 fully saturated rings. The molecular formula is C18H22N2O3. The van der Waals surface area contributed by atoms with E-state index >= 15 is 0 Å². The molecule has 4 saturated carbocycles. The van der Waals surface area contributed by atoms with Gasteiger partial charge in [-0.3, -0.25) is 4.79 Å². The molecule has 1 heterocycles. The van der Waals surface area contributed by atoms with Crippen molar-refractivity contribution in [2.24, 2.45) is 23.2 Å². The number of carbonyl (C=O) groups excluding carboxylic acids is 2. The Kier molecular flexibility index (Phi) is 3.39. The summed E-state index contributed by atoms with van der Waals surface area (Å²) >= 11 is 0. The Hall–Kier alpha value is -1.91. The second-order valence-corrected chi connectivity index (χ2v) is 7.58. The third-order valence-electron chi connectivity index (χ3n) is 5.95. The largest absolute Gasteiger partial charge is 0.465 e. The van der Waals surface area contributed by atoms with Crippen molar-refractivity contribution in [3.8, 4) is 0 Å². The molecule has 4 aliphatic carbocycles. The zero-order valence-electron chi connectivity index (χ0n) is 13.4. The van der Waals surface area contributed by atoms with Crippen LogP contribution in [0.5, 0.6) is 0 Å². The van der Waals surface area contributed by atoms with Crippen LogP contribution >= 0.6 is 0 Å². The molecular weight excluding hydrogens is 292 g/mol. The molecule has 4 bridgehead atoms. The van der Waals surface area contributed by atoms with Gasteiger partial charge in [-0.2, -0.15) is 0 Å². The van der Waals surface area contributed by atoms with E-state index in [4.69, 9.17) is 0 Å². The number of esters is 1. The Morgan fingerprint density at radius 1 is 1.13 bits per heavy atom. The fourth-order valence-electron chi connectivity index (χ4n) is 5.34. The lowest BCUT2D eigenvalue weighted by Crippen LogP contribution is -2.51. The van der Waals surface area contributed by atoms with Crippen molar-refractivity contribution >= 4 is 17.7 Å². The first kappa shape index (κ1) is 14.7. The lowest BCUT2D eigenvalue weighted by Gasteiger charge is -2.55. The van der Waals surface area contributed by atoms with Gasteiger partial charge in [-0.15, -0.1) is 0 Å². The van der Waals surface area contributed by atoms with Crippen LogP contribution < -0.4 is 5.32 Å². The van der Waals surface area contributed by atoms with Gasteiger partial charge in [0, 0.05) is 6.20 Å². The van der Waals surface area contributed by atoms with Crippen LogP contribution in [0.25, 0.3) is 0 Å². The Balaban J connectivity index is 1.49. The van der Waals surface area contributed by atoms with E-state index in [1.807, 2.05) is 0 Å². The molecule has 5 nitrogen and oxygen atoms in total. The van der Waals surface area contributed by atoms with E-state index in [2.05, 4.69) is 15.0 Å². The van der Waals surface area contributed by atoms with E-state index < -0.39 is 5.97 Å². The van der Waals surface area contributed by atoms with Crippen LogP contribution in [0.2, 0.25) is 0 Å². The summed E-state index contributed by atoms with van der Waals surface area (Å²) in [5, 5.41) is 2.98. The predicted octanol–water partition coefficient (Wildman–Crippen LogP) is 3.02. The van der Waals surface area contributed by atoms with Gasteiger partial charge in [-0.05, 0) is 68.4 Å². The number of nitrogens with zero attached hydrogens (tertiary/aromatic N) is 1. The number of pyridine rings is 1. The molecule has 23 heavy (non-hydrogen) atoms. The van der Waals surface area contributed by atoms with Crippen LogP contribution in [0.1, 0.15) is 48.9 Å². The lowest BCUT2D eigenvalue weighted by molar-refractivity contribution is -0.140. The van der Waals surface area contributed by atoms with Crippen molar-refractivity contribution in [1.82, 2.24) is 4.98 Å². The summed E-state index contributed by atoms with van der Waals surface area (Å²) in [4.78, 5) is 28.5. The number of rotatable bonds is 3. The average Bonchev–Trinajstić information content (AvgIpc) is 2.53. The highest BCUT2D eigenvalue weighted by atomic mass is 16.5. The first-order valence-electron chi connectivity index (χ1n) is 8.44. The molecule has 0 aliphatic heterocycles. The monoisotopic (exact) mass is 314 g/mol. The van der Waals surface area contributed by atoms with Gasteiger partial charge in [-0.25, -0.2) is 9.78 Å². The summed E-state index contributed by atoms with van der Waals surface area (Å²) in [6, 6.07) is 3.30. The first-order chi connectivity index (χ1) is 11.1. The minimum atomic E-state index is -0.420. The average molecular weight is 314 g/mol. The molecule has 122 valence electrons. The van der Waals surface area contributed by atoms with Gasteiger partial charge in [0.25, 0.3) is 0 Å². The number of hydrogen-bond acceptors (Lipinski definition) is 4. The van der Waals surface area contributed by atoms with Crippen LogP contribution in [-0.4, -0.2) is 24.0 Å². The van der Waals surface area contributed by atoms with Gasteiger partial charge in [0.05, 0.1) is 18.1 Å². The van der Waals surface area contributed by atoms with E-state index in [1.165, 1.54) is 32.6 Å². The highest BCUT2D eigenvalue weighted by Gasteiger charge is 2.54. The maximum atomic E-state index is 12.9. The van der Waals surface area contributed by atoms with Crippen LogP contribution in [0.4, 0.5) is 5.82 Å². The normalized spacial score (nSPS) is 34.2. The summed E-state index contributed by atoms with van der Waals surface area (Å²) < 4.78 is 4.66. The molecule has 5 heteroatoms. The van der Waals surface area contributed by atoms with Gasteiger partial charge in [0.1, 0.15) is 5.82 Å². The lowest BCUT2D eigenvalue weighted by atomic mass is 9.49. The molecule has 1 N–H and O–H groups in total. The second-order valence-electron chi connectivity index (χ2n) is 7.58. The molecule has 1 aromatic heterocycles. The van der Waals surface area contributed by atoms with Gasteiger partial charge < -0.3 is 10.1 Å². The molecule has 0 radical (unpaired) electrons. The number of ether oxygens (including phenoxy) is 1. The van der Waals surface area contributed by atoms with Gasteiger partial charge >= 0.3 is 5.97 Å². The summed E-state index contributed by atoms with van der Waals surface area (Å²) in [7, 11) is 1.34. The molecule has 0 saturated heterocycles. The minimum absolute atomic E-state index is 0.120. The van der Waals surface area contributed by atoms with E-state index in [1.54, 1.807) is 12.1 Å². The standard InChI is InChI=1S/C18H22N2O3/c1-23-16(21)14-2-3-15(19-10-14)20-17(22)18-7-11-4-12(8-18)6-13(5-11)9-18/h2-3,10-13H,4-9H2,1H3,(H,19,20,22). The Morgan fingerprint density at radius 2 is 1.74 bits per heavy atom. The zero-order chi connectivity index (χ0) is 16.0. The Labute approximate surface area is 135 Å². The van der Waals surface area contributed by atoms with Crippen LogP contribution in [0.3, 0.4) is 0 Å². The van der Waals surface area contributed by atoms with Crippen molar-refractivity contribution in [3.63, 3.8) is 0 Å². The minimum Gasteiger partial charge on any atom is -0.465 e. The molecule has 1 aromatic rings. The van der Waals surface area contributed by atoms with Crippen molar-refractivity contribution in [1.29, 1.82) is 0 Å². The second kappa shape index (κ2) is 5.32. The summed E-state index contributed by atoms with van der Waals surface area (Å²) in [6.45, 7) is 0. The molecule has 1 amide bonds. The summed E-state index contributed by atoms with van der Waals surface area (Å²) in [5.41, 5.74) is 0.206. The molecule has 0 aromatic carbocycles. The smallest absolute Gasteiger partial charge is 0.339 e. The molecule has 0 spiro atoms. The molecule has 0 atom stereocenters. The van der Waals surface area contributed by atoms with Crippen molar-refractivity contribution in [2.75, 3.05) is 12.4 Å². The number of amides is 1. The molecule has 4 aliphatic rings. The highest BCUT2D eigenvalue weighted by molar-refractivity contribution is 5.95. The van der Waals surface area contributed by atoms with E-state index in [0.29, 0.717) is 11.4 Å². The van der Waals surface area contributed by atoms with Crippen LogP contribution in [0, 0.1) is 23.2 Å². The number of hydrogen-bond donors (Lipinski definition) is 1. The number of anilines is 1. The maximum absolute atomic E-state index is 12.9. The quantitative estimate of drug-likeness (QED) is 0.871. The van der Waals surface area contributed by atoms with E-state index in [9.17, 15) is 9.59 Å². The van der Waals surface area contributed by atoms with Gasteiger partial charge in [0.2, 0.25) is 5.91 Å². The third kappa shape index (κ3) is 2.52. The molecule has 5 rings (SSSR count). The topological polar surface area (TPSA) is 68.3 Å². The summed E-state index contributed by atoms with van der Waals surface area (Å²) in [6.07, 6.45) is 8.50. The van der Waals surface area contributed by atoms with Crippen molar-refractivity contribution in [3.05, 3.63) is 23.9 Å². The number of carbonyl (C=O) groups is 2. The van der Waals surface area contributed by atoms with Crippen molar-refractivity contribution in [2.45, 2.75) is 38.5 Å². The fourth-order valence-corrected chi connectivity index (χ4v) is 5.34. The zero-order valence-corrected chi connectivity index (χ0v) is 13.4. The van der Waals surface area contributed by atoms with Gasteiger partial charge in [-0.1, -0.05) is 0 Å². The van der Waals surface area contributed by atoms with Crippen LogP contribution in [-0.2, 0) is 9.53 Å². The maximum Gasteiger partial charge on any atom is 0.339 e. The Morgan fingerprint density at radius 3 is 2.22 bits per heavy atom. The van der Waals surface area contributed by atoms with E-state index in [0.717, 1.165) is 37.0 Å².